The number of nitrogens with one attached hydrogen (secondary N) is 1. The van der Waals surface area contributed by atoms with Crippen LogP contribution in [0, 0.1) is 17.8 Å². The van der Waals surface area contributed by atoms with Gasteiger partial charge in [-0.05, 0) is 41.9 Å². The maximum atomic E-state index is 5.90. The van der Waals surface area contributed by atoms with E-state index in [0.717, 1.165) is 24.2 Å². The Bertz CT molecular complexity index is 426. The summed E-state index contributed by atoms with van der Waals surface area (Å²) in [5, 5.41) is 0. The van der Waals surface area contributed by atoms with Gasteiger partial charge in [0, 0.05) is 12.2 Å². The quantitative estimate of drug-likeness (QED) is 0.549. The average Bonchev–Trinajstić information content (AvgIpc) is 2.31. The lowest BCUT2D eigenvalue weighted by atomic mass is 9.61. The zero-order valence-corrected chi connectivity index (χ0v) is 12.1. The van der Waals surface area contributed by atoms with Crippen molar-refractivity contribution >= 4 is 5.82 Å². The number of anilines is 1. The molecule has 0 amide bonds. The molecule has 0 aromatic carbocycles. The molecule has 4 nitrogen and oxygen atoms in total. The Hall–Kier alpha value is -1.13. The molecule has 20 heavy (non-hydrogen) atoms. The van der Waals surface area contributed by atoms with Crippen molar-refractivity contribution in [1.29, 1.82) is 0 Å². The maximum absolute atomic E-state index is 5.90. The van der Waals surface area contributed by atoms with Gasteiger partial charge in [0.05, 0.1) is 0 Å². The van der Waals surface area contributed by atoms with E-state index in [9.17, 15) is 0 Å². The second kappa shape index (κ2) is 6.10. The molecule has 1 unspecified atom stereocenters. The van der Waals surface area contributed by atoms with Gasteiger partial charge in [0.25, 0.3) is 0 Å². The van der Waals surface area contributed by atoms with Crippen LogP contribution in [0.15, 0.2) is 18.3 Å². The summed E-state index contributed by atoms with van der Waals surface area (Å²) in [5.74, 6) is 8.98. The monoisotopic (exact) mass is 274 g/mol. The molecule has 1 heterocycles. The van der Waals surface area contributed by atoms with Crippen molar-refractivity contribution < 1.29 is 0 Å². The van der Waals surface area contributed by atoms with E-state index in [1.807, 2.05) is 6.07 Å². The predicted octanol–water partition coefficient (Wildman–Crippen LogP) is 2.25. The fourth-order valence-electron chi connectivity index (χ4n) is 3.87. The first-order valence-electron chi connectivity index (χ1n) is 7.94. The Morgan fingerprint density at radius 1 is 1.20 bits per heavy atom. The Labute approximate surface area is 121 Å². The van der Waals surface area contributed by atoms with E-state index >= 15 is 0 Å². The molecule has 0 radical (unpaired) electrons. The molecule has 2 fully saturated rings. The molecule has 0 bridgehead atoms. The number of hydrogen-bond donors (Lipinski definition) is 3. The number of nitrogen functional groups attached to an aromatic ring is 1. The van der Waals surface area contributed by atoms with Crippen LogP contribution in [0.25, 0.3) is 0 Å². The first-order chi connectivity index (χ1) is 9.78. The van der Waals surface area contributed by atoms with Crippen molar-refractivity contribution in [3.05, 3.63) is 23.9 Å². The van der Waals surface area contributed by atoms with E-state index in [2.05, 4.69) is 16.5 Å². The number of rotatable bonds is 6. The minimum atomic E-state index is 0.368. The summed E-state index contributed by atoms with van der Waals surface area (Å²) in [4.78, 5) is 4.07. The van der Waals surface area contributed by atoms with E-state index in [0.29, 0.717) is 11.9 Å². The van der Waals surface area contributed by atoms with Gasteiger partial charge in [-0.2, -0.15) is 0 Å². The zero-order valence-electron chi connectivity index (χ0n) is 12.1. The minimum Gasteiger partial charge on any atom is -0.384 e. The molecule has 4 heteroatoms. The van der Waals surface area contributed by atoms with Crippen molar-refractivity contribution in [3.8, 4) is 0 Å². The highest BCUT2D eigenvalue weighted by atomic mass is 15.2. The number of pyridine rings is 1. The zero-order chi connectivity index (χ0) is 13.9. The largest absolute Gasteiger partial charge is 0.384 e. The third-order valence-electron chi connectivity index (χ3n) is 5.37. The highest BCUT2D eigenvalue weighted by Gasteiger charge is 2.40. The Morgan fingerprint density at radius 2 is 1.85 bits per heavy atom. The predicted molar refractivity (Wildman–Crippen MR) is 81.6 cm³/mol. The van der Waals surface area contributed by atoms with E-state index in [-0.39, 0.29) is 0 Å². The van der Waals surface area contributed by atoms with Gasteiger partial charge in [-0.1, -0.05) is 38.5 Å². The van der Waals surface area contributed by atoms with Gasteiger partial charge in [0.15, 0.2) is 0 Å². The molecule has 110 valence electrons. The minimum absolute atomic E-state index is 0.368. The van der Waals surface area contributed by atoms with Crippen LogP contribution in [0.4, 0.5) is 5.82 Å². The lowest BCUT2D eigenvalue weighted by Gasteiger charge is -2.46. The fourth-order valence-corrected chi connectivity index (χ4v) is 3.87. The number of nitrogens with zero attached hydrogens (tertiary/aromatic N) is 1. The highest BCUT2D eigenvalue weighted by Crippen LogP contribution is 2.46. The van der Waals surface area contributed by atoms with Gasteiger partial charge in [-0.25, -0.2) is 4.98 Å². The van der Waals surface area contributed by atoms with Crippen LogP contribution < -0.4 is 17.0 Å². The summed E-state index contributed by atoms with van der Waals surface area (Å²) in [6, 6.07) is 4.40. The van der Waals surface area contributed by atoms with E-state index in [4.69, 9.17) is 11.6 Å². The molecule has 1 atom stereocenters. The molecular weight excluding hydrogens is 248 g/mol. The topological polar surface area (TPSA) is 77.0 Å². The normalized spacial score (nSPS) is 21.5. The maximum Gasteiger partial charge on any atom is 0.123 e. The Kier molecular flexibility index (Phi) is 4.22. The van der Waals surface area contributed by atoms with Gasteiger partial charge in [0.2, 0.25) is 0 Å². The fraction of sp³-hybridized carbons (Fsp3) is 0.688. The Morgan fingerprint density at radius 3 is 2.30 bits per heavy atom. The summed E-state index contributed by atoms with van der Waals surface area (Å²) in [6.45, 7) is 0. The molecule has 1 aromatic heterocycles. The van der Waals surface area contributed by atoms with Crippen LogP contribution in [0.1, 0.15) is 44.1 Å². The summed E-state index contributed by atoms with van der Waals surface area (Å²) < 4.78 is 0. The van der Waals surface area contributed by atoms with E-state index in [1.54, 1.807) is 6.20 Å². The summed E-state index contributed by atoms with van der Waals surface area (Å²) in [5.41, 5.74) is 10.1. The average molecular weight is 274 g/mol. The van der Waals surface area contributed by atoms with E-state index in [1.165, 1.54) is 44.1 Å². The third kappa shape index (κ3) is 2.81. The van der Waals surface area contributed by atoms with Crippen LogP contribution in [0.5, 0.6) is 0 Å². The second-order valence-corrected chi connectivity index (χ2v) is 6.53. The first kappa shape index (κ1) is 13.8. The van der Waals surface area contributed by atoms with Crippen LogP contribution in [-0.4, -0.2) is 11.0 Å². The first-order valence-corrected chi connectivity index (χ1v) is 7.94. The lowest BCUT2D eigenvalue weighted by molar-refractivity contribution is 0.0599. The summed E-state index contributed by atoms with van der Waals surface area (Å²) >= 11 is 0. The van der Waals surface area contributed by atoms with Gasteiger partial charge >= 0.3 is 0 Å². The number of nitrogens with two attached hydrogens (primary N) is 2. The summed E-state index contributed by atoms with van der Waals surface area (Å²) in [7, 11) is 0. The van der Waals surface area contributed by atoms with Crippen LogP contribution >= 0.6 is 0 Å². The van der Waals surface area contributed by atoms with Crippen molar-refractivity contribution in [3.63, 3.8) is 0 Å². The van der Waals surface area contributed by atoms with Crippen molar-refractivity contribution in [2.45, 2.75) is 51.0 Å². The van der Waals surface area contributed by atoms with Crippen LogP contribution in [0.2, 0.25) is 0 Å². The molecule has 3 rings (SSSR count). The number of aromatic nitrogens is 1. The second-order valence-electron chi connectivity index (χ2n) is 6.53. The molecule has 0 saturated heterocycles. The van der Waals surface area contributed by atoms with Gasteiger partial charge in [0.1, 0.15) is 5.82 Å². The number of hydrogen-bond acceptors (Lipinski definition) is 4. The lowest BCUT2D eigenvalue weighted by Crippen LogP contribution is -2.50. The van der Waals surface area contributed by atoms with Gasteiger partial charge < -0.3 is 5.73 Å². The van der Waals surface area contributed by atoms with Crippen molar-refractivity contribution in [2.24, 2.45) is 23.6 Å². The molecule has 2 saturated carbocycles. The molecule has 0 aliphatic heterocycles. The molecule has 5 N–H and O–H groups in total. The Balaban J connectivity index is 1.72. The van der Waals surface area contributed by atoms with Crippen molar-refractivity contribution in [2.75, 3.05) is 5.73 Å². The van der Waals surface area contributed by atoms with E-state index < -0.39 is 0 Å². The number of hydrazine groups is 1. The molecule has 2 aliphatic rings. The molecule has 1 aromatic rings. The van der Waals surface area contributed by atoms with Gasteiger partial charge in [-0.3, -0.25) is 11.3 Å². The molecule has 0 spiro atoms. The molecular formula is C16H26N4. The van der Waals surface area contributed by atoms with Crippen LogP contribution in [-0.2, 0) is 6.42 Å². The van der Waals surface area contributed by atoms with Crippen molar-refractivity contribution in [1.82, 2.24) is 10.4 Å². The SMILES string of the molecule is NNC(Cc1ccnc(N)c1)C(C1CCC1)C1CCC1. The smallest absolute Gasteiger partial charge is 0.123 e. The van der Waals surface area contributed by atoms with Gasteiger partial charge in [-0.15, -0.1) is 0 Å². The third-order valence-corrected chi connectivity index (χ3v) is 5.37. The standard InChI is InChI=1S/C16H26N4/c17-15-10-11(7-8-19-15)9-14(20-18)16(12-3-1-4-12)13-5-2-6-13/h7-8,10,12-14,16,20H,1-6,9,18H2,(H2,17,19). The van der Waals surface area contributed by atoms with Crippen LogP contribution in [0.3, 0.4) is 0 Å². The molecule has 2 aliphatic carbocycles. The summed E-state index contributed by atoms with van der Waals surface area (Å²) in [6.07, 6.45) is 11.1. The highest BCUT2D eigenvalue weighted by molar-refractivity contribution is 5.32.